The van der Waals surface area contributed by atoms with Gasteiger partial charge in [0.15, 0.2) is 0 Å². The maximum Gasteiger partial charge on any atom is 0.291 e. The smallest absolute Gasteiger partial charge is 0.291 e. The first-order valence-corrected chi connectivity index (χ1v) is 7.91. The summed E-state index contributed by atoms with van der Waals surface area (Å²) in [5.74, 6) is 0.588. The zero-order valence-electron chi connectivity index (χ0n) is 12.7. The molecule has 5 nitrogen and oxygen atoms in total. The maximum atomic E-state index is 12.4. The minimum Gasteiger partial charge on any atom is -0.396 e. The molecule has 118 valence electrons. The van der Waals surface area contributed by atoms with E-state index < -0.39 is 0 Å². The fourth-order valence-corrected chi connectivity index (χ4v) is 2.47. The number of anilines is 1. The van der Waals surface area contributed by atoms with E-state index in [1.54, 1.807) is 0 Å². The number of halogens is 1. The molecule has 0 spiro atoms. The van der Waals surface area contributed by atoms with Crippen LogP contribution in [0.3, 0.4) is 0 Å². The van der Waals surface area contributed by atoms with Crippen molar-refractivity contribution in [2.75, 3.05) is 18.5 Å². The number of aliphatic hydroxyl groups is 1. The van der Waals surface area contributed by atoms with Gasteiger partial charge in [-0.15, -0.1) is 0 Å². The van der Waals surface area contributed by atoms with Crippen LogP contribution in [0.1, 0.15) is 39.5 Å². The van der Waals surface area contributed by atoms with E-state index in [1.807, 2.05) is 0 Å². The molecule has 1 heterocycles. The number of aromatic nitrogens is 2. The number of hydrogen-bond acceptors (Lipinski definition) is 4. The molecule has 1 aliphatic rings. The third kappa shape index (κ3) is 4.71. The summed E-state index contributed by atoms with van der Waals surface area (Å²) in [5.41, 5.74) is 0.278. The van der Waals surface area contributed by atoms with Crippen LogP contribution in [0, 0.1) is 11.3 Å². The van der Waals surface area contributed by atoms with Crippen LogP contribution in [-0.2, 0) is 6.54 Å². The maximum absolute atomic E-state index is 12.4. The minimum absolute atomic E-state index is 0.0108. The molecule has 1 aromatic rings. The zero-order valence-corrected chi connectivity index (χ0v) is 13.5. The lowest BCUT2D eigenvalue weighted by molar-refractivity contribution is 0.248. The van der Waals surface area contributed by atoms with Crippen LogP contribution in [0.5, 0.6) is 0 Å². The minimum atomic E-state index is -0.146. The molecule has 0 aromatic carbocycles. The van der Waals surface area contributed by atoms with Gasteiger partial charge in [-0.2, -0.15) is 5.10 Å². The summed E-state index contributed by atoms with van der Waals surface area (Å²) in [6.07, 6.45) is 5.52. The van der Waals surface area contributed by atoms with E-state index in [9.17, 15) is 4.79 Å². The van der Waals surface area contributed by atoms with Gasteiger partial charge >= 0.3 is 0 Å². The predicted octanol–water partition coefficient (Wildman–Crippen LogP) is 2.52. The summed E-state index contributed by atoms with van der Waals surface area (Å²) >= 11 is 6.11. The first-order chi connectivity index (χ1) is 9.93. The van der Waals surface area contributed by atoms with E-state index in [-0.39, 0.29) is 17.6 Å². The van der Waals surface area contributed by atoms with Crippen LogP contribution in [0.2, 0.25) is 5.02 Å². The largest absolute Gasteiger partial charge is 0.396 e. The first-order valence-electron chi connectivity index (χ1n) is 7.53. The Hall–Kier alpha value is -1.07. The van der Waals surface area contributed by atoms with E-state index in [1.165, 1.54) is 23.7 Å². The molecule has 1 saturated carbocycles. The van der Waals surface area contributed by atoms with Crippen molar-refractivity contribution in [1.29, 1.82) is 0 Å². The molecular weight excluding hydrogens is 290 g/mol. The van der Waals surface area contributed by atoms with Crippen molar-refractivity contribution in [3.05, 3.63) is 21.6 Å². The number of hydrogen-bond donors (Lipinski definition) is 2. The SMILES string of the molecule is CC(C)(CCCO)CNc1c(Cl)cnn(CC2CC2)c1=O. The highest BCUT2D eigenvalue weighted by molar-refractivity contribution is 6.32. The van der Waals surface area contributed by atoms with Gasteiger partial charge in [0.2, 0.25) is 0 Å². The normalized spacial score (nSPS) is 15.2. The van der Waals surface area contributed by atoms with Crippen molar-refractivity contribution in [1.82, 2.24) is 9.78 Å². The highest BCUT2D eigenvalue weighted by atomic mass is 35.5. The quantitative estimate of drug-likeness (QED) is 0.774. The monoisotopic (exact) mass is 313 g/mol. The Labute approximate surface area is 130 Å². The van der Waals surface area contributed by atoms with Crippen LogP contribution < -0.4 is 10.9 Å². The number of rotatable bonds is 8. The molecule has 0 aliphatic heterocycles. The highest BCUT2D eigenvalue weighted by Gasteiger charge is 2.24. The summed E-state index contributed by atoms with van der Waals surface area (Å²) in [6, 6.07) is 0. The molecule has 1 aromatic heterocycles. The second-order valence-electron chi connectivity index (χ2n) is 6.64. The molecule has 2 rings (SSSR count). The molecule has 0 bridgehead atoms. The number of nitrogens with zero attached hydrogens (tertiary/aromatic N) is 2. The standard InChI is InChI=1S/C15H24ClN3O2/c1-15(2,6-3-7-20)10-17-13-12(16)8-18-19(14(13)21)9-11-4-5-11/h8,11,17,20H,3-7,9-10H2,1-2H3. The fourth-order valence-electron chi connectivity index (χ4n) is 2.28. The average molecular weight is 314 g/mol. The van der Waals surface area contributed by atoms with Crippen LogP contribution in [0.25, 0.3) is 0 Å². The molecule has 1 aliphatic carbocycles. The van der Waals surface area contributed by atoms with Crippen LogP contribution in [0.15, 0.2) is 11.0 Å². The molecule has 0 amide bonds. The molecule has 0 unspecified atom stereocenters. The molecule has 2 N–H and O–H groups in total. The Morgan fingerprint density at radius 1 is 1.52 bits per heavy atom. The second kappa shape index (κ2) is 6.79. The molecule has 0 radical (unpaired) electrons. The van der Waals surface area contributed by atoms with Gasteiger partial charge < -0.3 is 10.4 Å². The molecule has 1 fully saturated rings. The third-order valence-corrected chi connectivity index (χ3v) is 4.17. The van der Waals surface area contributed by atoms with Crippen molar-refractivity contribution in [2.45, 2.75) is 46.1 Å². The molecule has 6 heteroatoms. The Kier molecular flexibility index (Phi) is 5.27. The summed E-state index contributed by atoms with van der Waals surface area (Å²) in [5, 5.41) is 16.6. The van der Waals surface area contributed by atoms with Crippen molar-refractivity contribution in [3.8, 4) is 0 Å². The van der Waals surface area contributed by atoms with Gasteiger partial charge in [-0.25, -0.2) is 4.68 Å². The summed E-state index contributed by atoms with van der Waals surface area (Å²) in [7, 11) is 0. The van der Waals surface area contributed by atoms with Crippen LogP contribution in [0.4, 0.5) is 5.69 Å². The van der Waals surface area contributed by atoms with E-state index in [4.69, 9.17) is 16.7 Å². The first kappa shape index (κ1) is 16.3. The van der Waals surface area contributed by atoms with Gasteiger partial charge in [0.25, 0.3) is 5.56 Å². The Bertz CT molecular complexity index is 538. The summed E-state index contributed by atoms with van der Waals surface area (Å²) in [6.45, 7) is 5.71. The third-order valence-electron chi connectivity index (χ3n) is 3.88. The van der Waals surface area contributed by atoms with Gasteiger partial charge in [-0.1, -0.05) is 25.4 Å². The van der Waals surface area contributed by atoms with Crippen molar-refractivity contribution >= 4 is 17.3 Å². The Balaban J connectivity index is 2.06. The average Bonchev–Trinajstić information content (AvgIpc) is 3.24. The molecule has 0 atom stereocenters. The summed E-state index contributed by atoms with van der Waals surface area (Å²) in [4.78, 5) is 12.4. The van der Waals surface area contributed by atoms with Gasteiger partial charge in [-0.3, -0.25) is 4.79 Å². The van der Waals surface area contributed by atoms with Crippen LogP contribution in [-0.4, -0.2) is 28.0 Å². The predicted molar refractivity (Wildman–Crippen MR) is 84.8 cm³/mol. The van der Waals surface area contributed by atoms with E-state index in [0.29, 0.717) is 29.7 Å². The van der Waals surface area contributed by atoms with E-state index >= 15 is 0 Å². The zero-order chi connectivity index (χ0) is 15.5. The number of nitrogens with one attached hydrogen (secondary N) is 1. The van der Waals surface area contributed by atoms with Crippen molar-refractivity contribution in [3.63, 3.8) is 0 Å². The second-order valence-corrected chi connectivity index (χ2v) is 7.05. The van der Waals surface area contributed by atoms with Gasteiger partial charge in [0.05, 0.1) is 11.2 Å². The van der Waals surface area contributed by atoms with Gasteiger partial charge in [-0.05, 0) is 37.0 Å². The van der Waals surface area contributed by atoms with Gasteiger partial charge in [0.1, 0.15) is 5.69 Å². The molecule has 21 heavy (non-hydrogen) atoms. The van der Waals surface area contributed by atoms with E-state index in [0.717, 1.165) is 12.8 Å². The topological polar surface area (TPSA) is 67.2 Å². The lowest BCUT2D eigenvalue weighted by Crippen LogP contribution is -2.30. The van der Waals surface area contributed by atoms with Crippen LogP contribution >= 0.6 is 11.6 Å². The van der Waals surface area contributed by atoms with E-state index in [2.05, 4.69) is 24.3 Å². The van der Waals surface area contributed by atoms with Crippen molar-refractivity contribution in [2.24, 2.45) is 11.3 Å². The lowest BCUT2D eigenvalue weighted by atomic mass is 9.88. The Morgan fingerprint density at radius 3 is 2.86 bits per heavy atom. The lowest BCUT2D eigenvalue weighted by Gasteiger charge is -2.25. The highest BCUT2D eigenvalue weighted by Crippen LogP contribution is 2.30. The number of aliphatic hydroxyl groups excluding tert-OH is 1. The summed E-state index contributed by atoms with van der Waals surface area (Å²) < 4.78 is 1.51. The fraction of sp³-hybridized carbons (Fsp3) is 0.733. The Morgan fingerprint density at radius 2 is 2.24 bits per heavy atom. The van der Waals surface area contributed by atoms with Crippen molar-refractivity contribution < 1.29 is 5.11 Å². The molecular formula is C15H24ClN3O2. The van der Waals surface area contributed by atoms with Gasteiger partial charge in [0, 0.05) is 19.7 Å². The molecule has 0 saturated heterocycles.